The van der Waals surface area contributed by atoms with Crippen LogP contribution in [0.25, 0.3) is 0 Å². The van der Waals surface area contributed by atoms with Gasteiger partial charge in [-0.3, -0.25) is 4.79 Å². The lowest BCUT2D eigenvalue weighted by molar-refractivity contribution is -0.138. The molecule has 2 N–H and O–H groups in total. The summed E-state index contributed by atoms with van der Waals surface area (Å²) < 4.78 is 5.93. The molecule has 0 heterocycles. The summed E-state index contributed by atoms with van der Waals surface area (Å²) in [5, 5.41) is 11.6. The summed E-state index contributed by atoms with van der Waals surface area (Å²) in [6, 6.07) is 4.51. The molecule has 0 saturated carbocycles. The first kappa shape index (κ1) is 17.3. The largest absolute Gasteiger partial charge is 0.495 e. The third-order valence-corrected chi connectivity index (χ3v) is 3.75. The van der Waals surface area contributed by atoms with Gasteiger partial charge in [0.1, 0.15) is 12.3 Å². The molecular weight excluding hydrogens is 340 g/mol. The van der Waals surface area contributed by atoms with Crippen molar-refractivity contribution in [3.63, 3.8) is 0 Å². The van der Waals surface area contributed by atoms with Gasteiger partial charge in [-0.15, -0.1) is 0 Å². The quantitative estimate of drug-likeness (QED) is 0.818. The second kappa shape index (κ2) is 7.87. The molecule has 6 nitrogen and oxygen atoms in total. The lowest BCUT2D eigenvalue weighted by atomic mass is 10.2. The van der Waals surface area contributed by atoms with Crippen molar-refractivity contribution in [3.05, 3.63) is 22.7 Å². The fourth-order valence-electron chi connectivity index (χ4n) is 1.73. The SMILES string of the molecule is CCC(C)N(CC(=O)O)C(=O)Nc1ccc(Br)c(OC)c1. The minimum absolute atomic E-state index is 0.168. The Bertz CT molecular complexity index is 522. The summed E-state index contributed by atoms with van der Waals surface area (Å²) in [4.78, 5) is 24.4. The van der Waals surface area contributed by atoms with E-state index in [1.165, 1.54) is 12.0 Å². The number of carboxylic acid groups (broad SMARTS) is 1. The van der Waals surface area contributed by atoms with E-state index in [1.54, 1.807) is 18.2 Å². The molecule has 0 aliphatic carbocycles. The van der Waals surface area contributed by atoms with Gasteiger partial charge in [-0.05, 0) is 41.4 Å². The van der Waals surface area contributed by atoms with Crippen LogP contribution in [0.15, 0.2) is 22.7 Å². The first-order valence-electron chi connectivity index (χ1n) is 6.52. The van der Waals surface area contributed by atoms with Crippen LogP contribution in [0, 0.1) is 0 Å². The van der Waals surface area contributed by atoms with Crippen LogP contribution in [0.4, 0.5) is 10.5 Å². The zero-order valence-electron chi connectivity index (χ0n) is 12.2. The highest BCUT2D eigenvalue weighted by Crippen LogP contribution is 2.28. The number of rotatable bonds is 6. The summed E-state index contributed by atoms with van der Waals surface area (Å²) in [7, 11) is 1.53. The summed E-state index contributed by atoms with van der Waals surface area (Å²) >= 11 is 3.33. The van der Waals surface area contributed by atoms with Gasteiger partial charge in [0.2, 0.25) is 0 Å². The number of carbonyl (C=O) groups excluding carboxylic acids is 1. The number of methoxy groups -OCH3 is 1. The molecule has 1 aromatic carbocycles. The van der Waals surface area contributed by atoms with Crippen molar-refractivity contribution in [1.29, 1.82) is 0 Å². The van der Waals surface area contributed by atoms with Gasteiger partial charge >= 0.3 is 12.0 Å². The summed E-state index contributed by atoms with van der Waals surface area (Å²) in [6.45, 7) is 3.37. The summed E-state index contributed by atoms with van der Waals surface area (Å²) in [6.07, 6.45) is 0.671. The number of amides is 2. The van der Waals surface area contributed by atoms with Crippen LogP contribution in [0.3, 0.4) is 0 Å². The third-order valence-electron chi connectivity index (χ3n) is 3.09. The van der Waals surface area contributed by atoms with Crippen LogP contribution in [-0.4, -0.2) is 41.7 Å². The second-order valence-corrected chi connectivity index (χ2v) is 5.41. The lowest BCUT2D eigenvalue weighted by Gasteiger charge is -2.27. The molecule has 1 rings (SSSR count). The molecule has 0 bridgehead atoms. The Labute approximate surface area is 132 Å². The third kappa shape index (κ3) is 4.93. The van der Waals surface area contributed by atoms with E-state index in [0.29, 0.717) is 17.9 Å². The number of carboxylic acids is 1. The normalized spacial score (nSPS) is 11.6. The van der Waals surface area contributed by atoms with Crippen LogP contribution in [0.1, 0.15) is 20.3 Å². The molecule has 2 amide bonds. The van der Waals surface area contributed by atoms with Crippen molar-refractivity contribution in [2.45, 2.75) is 26.3 Å². The summed E-state index contributed by atoms with van der Waals surface area (Å²) in [5.74, 6) is -0.458. The van der Waals surface area contributed by atoms with E-state index in [2.05, 4.69) is 21.2 Å². The molecule has 0 saturated heterocycles. The lowest BCUT2D eigenvalue weighted by Crippen LogP contribution is -2.44. The number of urea groups is 1. The van der Waals surface area contributed by atoms with E-state index in [1.807, 2.05) is 13.8 Å². The monoisotopic (exact) mass is 358 g/mol. The number of anilines is 1. The molecule has 0 spiro atoms. The zero-order valence-corrected chi connectivity index (χ0v) is 13.8. The van der Waals surface area contributed by atoms with E-state index < -0.39 is 12.0 Å². The summed E-state index contributed by atoms with van der Waals surface area (Å²) in [5.41, 5.74) is 0.541. The average molecular weight is 359 g/mol. The van der Waals surface area contributed by atoms with Crippen molar-refractivity contribution in [3.8, 4) is 5.75 Å². The molecule has 1 aromatic rings. The van der Waals surface area contributed by atoms with Crippen LogP contribution >= 0.6 is 15.9 Å². The number of aliphatic carboxylic acids is 1. The maximum atomic E-state index is 12.2. The van der Waals surface area contributed by atoms with Gasteiger partial charge in [0.05, 0.1) is 11.6 Å². The van der Waals surface area contributed by atoms with Gasteiger partial charge in [-0.2, -0.15) is 0 Å². The van der Waals surface area contributed by atoms with E-state index in [4.69, 9.17) is 9.84 Å². The second-order valence-electron chi connectivity index (χ2n) is 4.56. The van der Waals surface area contributed by atoms with Crippen LogP contribution in [-0.2, 0) is 4.79 Å². The standard InChI is InChI=1S/C14H19BrN2O4/c1-4-9(2)17(8-13(18)19)14(20)16-10-5-6-11(15)12(7-10)21-3/h5-7,9H,4,8H2,1-3H3,(H,16,20)(H,18,19). The fraction of sp³-hybridized carbons (Fsp3) is 0.429. The fourth-order valence-corrected chi connectivity index (χ4v) is 2.14. The Morgan fingerprint density at radius 3 is 2.67 bits per heavy atom. The van der Waals surface area contributed by atoms with Crippen molar-refractivity contribution < 1.29 is 19.4 Å². The first-order valence-corrected chi connectivity index (χ1v) is 7.31. The number of carbonyl (C=O) groups is 2. The molecule has 0 aliphatic heterocycles. The molecule has 0 aromatic heterocycles. The smallest absolute Gasteiger partial charge is 0.323 e. The number of ether oxygens (including phenoxy) is 1. The zero-order chi connectivity index (χ0) is 16.0. The van der Waals surface area contributed by atoms with Gasteiger partial charge in [-0.1, -0.05) is 6.92 Å². The Morgan fingerprint density at radius 1 is 1.48 bits per heavy atom. The molecule has 0 radical (unpaired) electrons. The van der Waals surface area contributed by atoms with Crippen molar-refractivity contribution in [1.82, 2.24) is 4.90 Å². The van der Waals surface area contributed by atoms with E-state index in [-0.39, 0.29) is 12.6 Å². The number of halogens is 1. The average Bonchev–Trinajstić information content (AvgIpc) is 2.45. The minimum atomic E-state index is -1.04. The Kier molecular flexibility index (Phi) is 6.48. The number of hydrogen-bond acceptors (Lipinski definition) is 3. The maximum Gasteiger partial charge on any atom is 0.323 e. The highest BCUT2D eigenvalue weighted by Gasteiger charge is 2.21. The topological polar surface area (TPSA) is 78.9 Å². The van der Waals surface area contributed by atoms with Crippen molar-refractivity contribution >= 4 is 33.6 Å². The van der Waals surface area contributed by atoms with Gasteiger partial charge in [0.15, 0.2) is 0 Å². The number of nitrogens with zero attached hydrogens (tertiary/aromatic N) is 1. The highest BCUT2D eigenvalue weighted by molar-refractivity contribution is 9.10. The molecule has 116 valence electrons. The predicted octanol–water partition coefficient (Wildman–Crippen LogP) is 3.17. The number of benzene rings is 1. The van der Waals surface area contributed by atoms with E-state index in [0.717, 1.165) is 4.47 Å². The molecule has 7 heteroatoms. The van der Waals surface area contributed by atoms with Gasteiger partial charge < -0.3 is 20.1 Å². The predicted molar refractivity (Wildman–Crippen MR) is 83.8 cm³/mol. The van der Waals surface area contributed by atoms with E-state index >= 15 is 0 Å². The molecule has 21 heavy (non-hydrogen) atoms. The molecule has 0 fully saturated rings. The molecule has 1 atom stereocenters. The Hall–Kier alpha value is -1.76. The van der Waals surface area contributed by atoms with Crippen LogP contribution in [0.2, 0.25) is 0 Å². The Balaban J connectivity index is 2.88. The minimum Gasteiger partial charge on any atom is -0.495 e. The van der Waals surface area contributed by atoms with Gasteiger partial charge in [0.25, 0.3) is 0 Å². The molecule has 1 unspecified atom stereocenters. The van der Waals surface area contributed by atoms with Crippen LogP contribution in [0.5, 0.6) is 5.75 Å². The maximum absolute atomic E-state index is 12.2. The molecular formula is C14H19BrN2O4. The number of hydrogen-bond donors (Lipinski definition) is 2. The molecule has 0 aliphatic rings. The number of nitrogens with one attached hydrogen (secondary N) is 1. The van der Waals surface area contributed by atoms with Gasteiger partial charge in [-0.25, -0.2) is 4.79 Å². The van der Waals surface area contributed by atoms with Crippen molar-refractivity contribution in [2.24, 2.45) is 0 Å². The highest BCUT2D eigenvalue weighted by atomic mass is 79.9. The van der Waals surface area contributed by atoms with Gasteiger partial charge in [0, 0.05) is 17.8 Å². The van der Waals surface area contributed by atoms with Crippen LogP contribution < -0.4 is 10.1 Å². The van der Waals surface area contributed by atoms with E-state index in [9.17, 15) is 9.59 Å². The Morgan fingerprint density at radius 2 is 2.14 bits per heavy atom. The van der Waals surface area contributed by atoms with Crippen molar-refractivity contribution in [2.75, 3.05) is 19.0 Å². The first-order chi connectivity index (χ1) is 9.88.